The minimum Gasteiger partial charge on any atom is -0.475 e. The van der Waals surface area contributed by atoms with Gasteiger partial charge in [-0.1, -0.05) is 30.3 Å². The van der Waals surface area contributed by atoms with E-state index in [0.717, 1.165) is 17.7 Å². The van der Waals surface area contributed by atoms with Gasteiger partial charge in [0.1, 0.15) is 6.61 Å². The lowest BCUT2D eigenvalue weighted by Crippen LogP contribution is -2.10. The summed E-state index contributed by atoms with van der Waals surface area (Å²) in [4.78, 5) is 3.93. The third-order valence-corrected chi connectivity index (χ3v) is 2.85. The zero-order valence-corrected chi connectivity index (χ0v) is 12.1. The van der Waals surface area contributed by atoms with Crippen LogP contribution in [0.5, 0.6) is 5.88 Å². The quantitative estimate of drug-likeness (QED) is 0.756. The standard InChI is InChI=1S/C16H16F3NO2/c1-12-9-14(16(17,18)19)10-15(20-12)22-8-7-21-11-13-5-3-2-4-6-13/h2-6,9-10H,7-8,11H2,1H3. The predicted molar refractivity (Wildman–Crippen MR) is 75.6 cm³/mol. The average Bonchev–Trinajstić information content (AvgIpc) is 2.46. The second kappa shape index (κ2) is 7.26. The van der Waals surface area contributed by atoms with Gasteiger partial charge in [0.25, 0.3) is 0 Å². The van der Waals surface area contributed by atoms with Crippen LogP contribution in [-0.2, 0) is 17.5 Å². The molecule has 22 heavy (non-hydrogen) atoms. The molecule has 0 spiro atoms. The van der Waals surface area contributed by atoms with Crippen molar-refractivity contribution in [3.63, 3.8) is 0 Å². The molecule has 1 aromatic heterocycles. The number of halogens is 3. The van der Waals surface area contributed by atoms with E-state index in [0.29, 0.717) is 6.61 Å². The maximum absolute atomic E-state index is 12.7. The van der Waals surface area contributed by atoms with Crippen molar-refractivity contribution in [2.45, 2.75) is 19.7 Å². The van der Waals surface area contributed by atoms with E-state index in [2.05, 4.69) is 4.98 Å². The molecule has 0 saturated heterocycles. The number of hydrogen-bond acceptors (Lipinski definition) is 3. The van der Waals surface area contributed by atoms with Crippen molar-refractivity contribution in [3.05, 3.63) is 59.3 Å². The molecule has 2 rings (SSSR count). The first-order chi connectivity index (χ1) is 10.4. The van der Waals surface area contributed by atoms with Crippen LogP contribution in [-0.4, -0.2) is 18.2 Å². The summed E-state index contributed by atoms with van der Waals surface area (Å²) in [5.41, 5.74) is 0.519. The van der Waals surface area contributed by atoms with Gasteiger partial charge in [0, 0.05) is 11.8 Å². The first kappa shape index (κ1) is 16.3. The summed E-state index contributed by atoms with van der Waals surface area (Å²) in [5.74, 6) is -0.0457. The number of alkyl halides is 3. The molecule has 1 aromatic carbocycles. The van der Waals surface area contributed by atoms with Crippen molar-refractivity contribution in [1.82, 2.24) is 4.98 Å². The van der Waals surface area contributed by atoms with E-state index in [-0.39, 0.29) is 24.8 Å². The maximum Gasteiger partial charge on any atom is 0.416 e. The van der Waals surface area contributed by atoms with Gasteiger partial charge in [0.2, 0.25) is 5.88 Å². The molecule has 0 aliphatic heterocycles. The molecule has 0 radical (unpaired) electrons. The van der Waals surface area contributed by atoms with Crippen molar-refractivity contribution < 1.29 is 22.6 Å². The van der Waals surface area contributed by atoms with Crippen LogP contribution < -0.4 is 4.74 Å². The molecule has 0 atom stereocenters. The molecule has 0 aliphatic rings. The summed E-state index contributed by atoms with van der Waals surface area (Å²) < 4.78 is 48.6. The second-order valence-electron chi connectivity index (χ2n) is 4.72. The van der Waals surface area contributed by atoms with E-state index in [1.165, 1.54) is 6.92 Å². The molecule has 2 aromatic rings. The molecule has 0 saturated carbocycles. The van der Waals surface area contributed by atoms with E-state index in [1.807, 2.05) is 30.3 Å². The molecule has 0 aliphatic carbocycles. The molecule has 0 bridgehead atoms. The van der Waals surface area contributed by atoms with Gasteiger partial charge in [-0.3, -0.25) is 0 Å². The number of benzene rings is 1. The highest BCUT2D eigenvalue weighted by Crippen LogP contribution is 2.31. The highest BCUT2D eigenvalue weighted by molar-refractivity contribution is 5.26. The van der Waals surface area contributed by atoms with E-state index < -0.39 is 11.7 Å². The van der Waals surface area contributed by atoms with E-state index in [9.17, 15) is 13.2 Å². The van der Waals surface area contributed by atoms with Crippen LogP contribution in [0.2, 0.25) is 0 Å². The fourth-order valence-corrected chi connectivity index (χ4v) is 1.85. The number of rotatable bonds is 6. The molecule has 3 nitrogen and oxygen atoms in total. The Morgan fingerprint density at radius 3 is 2.45 bits per heavy atom. The van der Waals surface area contributed by atoms with Crippen LogP contribution in [0.15, 0.2) is 42.5 Å². The Labute approximate surface area is 126 Å². The van der Waals surface area contributed by atoms with Gasteiger partial charge >= 0.3 is 6.18 Å². The van der Waals surface area contributed by atoms with Gasteiger partial charge in [-0.25, -0.2) is 4.98 Å². The number of aryl methyl sites for hydroxylation is 1. The molecular weight excluding hydrogens is 295 g/mol. The highest BCUT2D eigenvalue weighted by Gasteiger charge is 2.31. The number of ether oxygens (including phenoxy) is 2. The van der Waals surface area contributed by atoms with Crippen LogP contribution in [0, 0.1) is 6.92 Å². The average molecular weight is 311 g/mol. The smallest absolute Gasteiger partial charge is 0.416 e. The fourth-order valence-electron chi connectivity index (χ4n) is 1.85. The van der Waals surface area contributed by atoms with Gasteiger partial charge in [0.15, 0.2) is 0 Å². The van der Waals surface area contributed by atoms with E-state index >= 15 is 0 Å². The van der Waals surface area contributed by atoms with E-state index in [4.69, 9.17) is 9.47 Å². The number of nitrogens with zero attached hydrogens (tertiary/aromatic N) is 1. The topological polar surface area (TPSA) is 31.4 Å². The van der Waals surface area contributed by atoms with Gasteiger partial charge in [-0.05, 0) is 18.6 Å². The minimum atomic E-state index is -4.41. The Morgan fingerprint density at radius 2 is 1.77 bits per heavy atom. The lowest BCUT2D eigenvalue weighted by Gasteiger charge is -2.11. The predicted octanol–water partition coefficient (Wildman–Crippen LogP) is 4.00. The van der Waals surface area contributed by atoms with Crippen molar-refractivity contribution in [2.24, 2.45) is 0 Å². The minimum absolute atomic E-state index is 0.0457. The molecule has 0 fully saturated rings. The van der Waals surface area contributed by atoms with Crippen molar-refractivity contribution in [1.29, 1.82) is 0 Å². The van der Waals surface area contributed by atoms with Crippen LogP contribution >= 0.6 is 0 Å². The largest absolute Gasteiger partial charge is 0.475 e. The highest BCUT2D eigenvalue weighted by atomic mass is 19.4. The first-order valence-corrected chi connectivity index (χ1v) is 6.75. The van der Waals surface area contributed by atoms with Crippen molar-refractivity contribution in [2.75, 3.05) is 13.2 Å². The van der Waals surface area contributed by atoms with Gasteiger partial charge < -0.3 is 9.47 Å². The van der Waals surface area contributed by atoms with Crippen LogP contribution in [0.3, 0.4) is 0 Å². The molecule has 0 N–H and O–H groups in total. The van der Waals surface area contributed by atoms with E-state index in [1.54, 1.807) is 0 Å². The molecule has 1 heterocycles. The SMILES string of the molecule is Cc1cc(C(F)(F)F)cc(OCCOCc2ccccc2)n1. The fraction of sp³-hybridized carbons (Fsp3) is 0.312. The summed E-state index contributed by atoms with van der Waals surface area (Å²) >= 11 is 0. The summed E-state index contributed by atoms with van der Waals surface area (Å²) in [6.45, 7) is 2.33. The zero-order valence-electron chi connectivity index (χ0n) is 12.1. The molecule has 118 valence electrons. The molecule has 0 unspecified atom stereocenters. The van der Waals surface area contributed by atoms with Gasteiger partial charge in [0.05, 0.1) is 18.8 Å². The van der Waals surface area contributed by atoms with Crippen LogP contribution in [0.25, 0.3) is 0 Å². The molecule has 6 heteroatoms. The van der Waals surface area contributed by atoms with Crippen molar-refractivity contribution >= 4 is 0 Å². The normalized spacial score (nSPS) is 11.5. The van der Waals surface area contributed by atoms with Crippen LogP contribution in [0.4, 0.5) is 13.2 Å². The molecule has 0 amide bonds. The Morgan fingerprint density at radius 1 is 1.05 bits per heavy atom. The van der Waals surface area contributed by atoms with Crippen molar-refractivity contribution in [3.8, 4) is 5.88 Å². The number of pyridine rings is 1. The van der Waals surface area contributed by atoms with Crippen LogP contribution in [0.1, 0.15) is 16.8 Å². The zero-order chi connectivity index (χ0) is 16.0. The lowest BCUT2D eigenvalue weighted by atomic mass is 10.2. The van der Waals surface area contributed by atoms with Gasteiger partial charge in [-0.2, -0.15) is 13.2 Å². The Kier molecular flexibility index (Phi) is 5.38. The first-order valence-electron chi connectivity index (χ1n) is 6.75. The Hall–Kier alpha value is -2.08. The third-order valence-electron chi connectivity index (χ3n) is 2.85. The summed E-state index contributed by atoms with van der Waals surface area (Å²) in [6.07, 6.45) is -4.41. The maximum atomic E-state index is 12.7. The Bertz CT molecular complexity index is 600. The monoisotopic (exact) mass is 311 g/mol. The number of aromatic nitrogens is 1. The number of hydrogen-bond donors (Lipinski definition) is 0. The summed E-state index contributed by atoms with van der Waals surface area (Å²) in [5, 5.41) is 0. The van der Waals surface area contributed by atoms with Gasteiger partial charge in [-0.15, -0.1) is 0 Å². The summed E-state index contributed by atoms with van der Waals surface area (Å²) in [6, 6.07) is 11.5. The lowest BCUT2D eigenvalue weighted by molar-refractivity contribution is -0.137. The summed E-state index contributed by atoms with van der Waals surface area (Å²) in [7, 11) is 0. The Balaban J connectivity index is 1.81. The third kappa shape index (κ3) is 5.04. The molecular formula is C16H16F3NO2. The second-order valence-corrected chi connectivity index (χ2v) is 4.72.